The van der Waals surface area contributed by atoms with Crippen LogP contribution in [0.15, 0.2) is 36.5 Å². The number of carbonyl (C=O) groups is 1. The van der Waals surface area contributed by atoms with Crippen LogP contribution in [-0.2, 0) is 6.54 Å². The molecular formula is C15H15N3O3. The van der Waals surface area contributed by atoms with Crippen molar-refractivity contribution in [2.75, 3.05) is 12.1 Å². The molecule has 0 unspecified atom stereocenters. The van der Waals surface area contributed by atoms with Gasteiger partial charge >= 0.3 is 6.03 Å². The Bertz CT molecular complexity index is 656. The number of ether oxygens (including phenoxy) is 2. The number of hydrogen-bond donors (Lipinski definition) is 2. The van der Waals surface area contributed by atoms with Gasteiger partial charge in [0.05, 0.1) is 0 Å². The lowest BCUT2D eigenvalue weighted by atomic mass is 10.2. The van der Waals surface area contributed by atoms with Crippen LogP contribution in [-0.4, -0.2) is 17.8 Å². The number of fused-ring (bicyclic) bond motifs is 1. The van der Waals surface area contributed by atoms with Crippen LogP contribution in [0.25, 0.3) is 0 Å². The van der Waals surface area contributed by atoms with E-state index in [9.17, 15) is 4.79 Å². The Balaban J connectivity index is 1.59. The van der Waals surface area contributed by atoms with Crippen molar-refractivity contribution in [1.82, 2.24) is 10.3 Å². The lowest BCUT2D eigenvalue weighted by molar-refractivity contribution is 0.173. The molecule has 1 aliphatic heterocycles. The summed E-state index contributed by atoms with van der Waals surface area (Å²) in [6, 6.07) is 8.91. The van der Waals surface area contributed by atoms with E-state index in [4.69, 9.17) is 9.47 Å². The number of nitrogens with one attached hydrogen (secondary N) is 2. The molecule has 2 heterocycles. The zero-order valence-corrected chi connectivity index (χ0v) is 11.6. The van der Waals surface area contributed by atoms with Gasteiger partial charge in [-0.3, -0.25) is 5.32 Å². The fraction of sp³-hybridized carbons (Fsp3) is 0.200. The van der Waals surface area contributed by atoms with Gasteiger partial charge in [0.15, 0.2) is 11.5 Å². The maximum atomic E-state index is 11.8. The lowest BCUT2D eigenvalue weighted by Crippen LogP contribution is -2.28. The average Bonchev–Trinajstić information content (AvgIpc) is 2.96. The summed E-state index contributed by atoms with van der Waals surface area (Å²) in [4.78, 5) is 16.0. The Hall–Kier alpha value is -2.76. The summed E-state index contributed by atoms with van der Waals surface area (Å²) in [7, 11) is 0. The molecule has 108 valence electrons. The second-order valence-electron chi connectivity index (χ2n) is 4.68. The Labute approximate surface area is 122 Å². The minimum atomic E-state index is -0.317. The zero-order valence-electron chi connectivity index (χ0n) is 11.6. The fourth-order valence-corrected chi connectivity index (χ4v) is 2.01. The SMILES string of the molecule is Cc1ccc(NC(=O)NCc2cccc3c2OCO3)nc1. The second-order valence-corrected chi connectivity index (χ2v) is 4.68. The van der Waals surface area contributed by atoms with Gasteiger partial charge in [-0.25, -0.2) is 9.78 Å². The molecular weight excluding hydrogens is 270 g/mol. The molecule has 2 aromatic rings. The number of aryl methyl sites for hydroxylation is 1. The lowest BCUT2D eigenvalue weighted by Gasteiger charge is -2.09. The molecule has 6 heteroatoms. The van der Waals surface area contributed by atoms with Gasteiger partial charge in [0, 0.05) is 18.3 Å². The van der Waals surface area contributed by atoms with Gasteiger partial charge < -0.3 is 14.8 Å². The molecule has 2 N–H and O–H groups in total. The van der Waals surface area contributed by atoms with Crippen LogP contribution in [0.5, 0.6) is 11.5 Å². The van der Waals surface area contributed by atoms with Gasteiger partial charge in [0.2, 0.25) is 6.79 Å². The van der Waals surface area contributed by atoms with Crippen molar-refractivity contribution in [2.45, 2.75) is 13.5 Å². The Morgan fingerprint density at radius 1 is 1.29 bits per heavy atom. The predicted molar refractivity (Wildman–Crippen MR) is 77.4 cm³/mol. The van der Waals surface area contributed by atoms with Crippen LogP contribution in [0.2, 0.25) is 0 Å². The van der Waals surface area contributed by atoms with Gasteiger partial charge in [-0.15, -0.1) is 0 Å². The van der Waals surface area contributed by atoms with Gasteiger partial charge in [-0.05, 0) is 24.6 Å². The van der Waals surface area contributed by atoms with Gasteiger partial charge in [-0.2, -0.15) is 0 Å². The smallest absolute Gasteiger partial charge is 0.320 e. The zero-order chi connectivity index (χ0) is 14.7. The van der Waals surface area contributed by atoms with Crippen LogP contribution >= 0.6 is 0 Å². The first-order valence-electron chi connectivity index (χ1n) is 6.57. The molecule has 6 nitrogen and oxygen atoms in total. The molecule has 1 aliphatic rings. The van der Waals surface area contributed by atoms with E-state index < -0.39 is 0 Å². The molecule has 2 amide bonds. The van der Waals surface area contributed by atoms with E-state index in [1.807, 2.05) is 31.2 Å². The number of anilines is 1. The summed E-state index contributed by atoms with van der Waals surface area (Å²) in [5.74, 6) is 1.90. The third-order valence-electron chi connectivity index (χ3n) is 3.07. The number of amides is 2. The van der Waals surface area contributed by atoms with Gasteiger partial charge in [0.25, 0.3) is 0 Å². The van der Waals surface area contributed by atoms with E-state index in [1.54, 1.807) is 12.3 Å². The summed E-state index contributed by atoms with van der Waals surface area (Å²) in [6.07, 6.45) is 1.70. The molecule has 1 aromatic carbocycles. The molecule has 0 saturated heterocycles. The highest BCUT2D eigenvalue weighted by Crippen LogP contribution is 2.35. The molecule has 0 saturated carbocycles. The first kappa shape index (κ1) is 13.2. The number of carbonyl (C=O) groups excluding carboxylic acids is 1. The molecule has 0 spiro atoms. The van der Waals surface area contributed by atoms with Gasteiger partial charge in [0.1, 0.15) is 5.82 Å². The van der Waals surface area contributed by atoms with Crippen molar-refractivity contribution in [2.24, 2.45) is 0 Å². The van der Waals surface area contributed by atoms with E-state index >= 15 is 0 Å². The summed E-state index contributed by atoms with van der Waals surface area (Å²) >= 11 is 0. The molecule has 0 radical (unpaired) electrons. The van der Waals surface area contributed by atoms with E-state index in [-0.39, 0.29) is 12.8 Å². The number of nitrogens with zero attached hydrogens (tertiary/aromatic N) is 1. The number of para-hydroxylation sites is 1. The van der Waals surface area contributed by atoms with E-state index in [0.717, 1.165) is 11.1 Å². The Morgan fingerprint density at radius 3 is 3.00 bits per heavy atom. The summed E-state index contributed by atoms with van der Waals surface area (Å²) in [6.45, 7) is 2.50. The molecule has 1 aromatic heterocycles. The minimum Gasteiger partial charge on any atom is -0.454 e. The summed E-state index contributed by atoms with van der Waals surface area (Å²) < 4.78 is 10.7. The van der Waals surface area contributed by atoms with Crippen LogP contribution in [0.4, 0.5) is 10.6 Å². The van der Waals surface area contributed by atoms with Crippen LogP contribution < -0.4 is 20.1 Å². The van der Waals surface area contributed by atoms with Crippen LogP contribution in [0, 0.1) is 6.92 Å². The number of benzene rings is 1. The molecule has 0 aliphatic carbocycles. The van der Waals surface area contributed by atoms with Crippen molar-refractivity contribution in [3.05, 3.63) is 47.7 Å². The molecule has 0 fully saturated rings. The number of rotatable bonds is 3. The Kier molecular flexibility index (Phi) is 3.59. The maximum Gasteiger partial charge on any atom is 0.320 e. The van der Waals surface area contributed by atoms with Crippen LogP contribution in [0.3, 0.4) is 0 Å². The first-order chi connectivity index (χ1) is 10.2. The fourth-order valence-electron chi connectivity index (χ4n) is 2.01. The van der Waals surface area contributed by atoms with Crippen LogP contribution in [0.1, 0.15) is 11.1 Å². The monoisotopic (exact) mass is 285 g/mol. The number of hydrogen-bond acceptors (Lipinski definition) is 4. The maximum absolute atomic E-state index is 11.8. The first-order valence-corrected chi connectivity index (χ1v) is 6.57. The minimum absolute atomic E-state index is 0.214. The quantitative estimate of drug-likeness (QED) is 0.908. The normalized spacial score (nSPS) is 12.0. The number of urea groups is 1. The number of pyridine rings is 1. The third kappa shape index (κ3) is 3.05. The third-order valence-corrected chi connectivity index (χ3v) is 3.07. The van der Waals surface area contributed by atoms with Crippen molar-refractivity contribution in [3.63, 3.8) is 0 Å². The summed E-state index contributed by atoms with van der Waals surface area (Å²) in [5, 5.41) is 5.44. The topological polar surface area (TPSA) is 72.5 Å². The van der Waals surface area contributed by atoms with Crippen molar-refractivity contribution < 1.29 is 14.3 Å². The highest BCUT2D eigenvalue weighted by molar-refractivity contribution is 5.88. The van der Waals surface area contributed by atoms with Crippen molar-refractivity contribution in [1.29, 1.82) is 0 Å². The molecule has 0 bridgehead atoms. The van der Waals surface area contributed by atoms with Gasteiger partial charge in [-0.1, -0.05) is 18.2 Å². The average molecular weight is 285 g/mol. The predicted octanol–water partition coefficient (Wildman–Crippen LogP) is 2.44. The largest absolute Gasteiger partial charge is 0.454 e. The number of aromatic nitrogens is 1. The standard InChI is InChI=1S/C15H15N3O3/c1-10-5-6-13(16-7-10)18-15(19)17-8-11-3-2-4-12-14(11)21-9-20-12/h2-7H,8-9H2,1H3,(H2,16,17,18,19). The molecule has 0 atom stereocenters. The highest BCUT2D eigenvalue weighted by Gasteiger charge is 2.17. The van der Waals surface area contributed by atoms with Crippen molar-refractivity contribution >= 4 is 11.8 Å². The molecule has 3 rings (SSSR count). The molecule has 21 heavy (non-hydrogen) atoms. The van der Waals surface area contributed by atoms with Crippen molar-refractivity contribution in [3.8, 4) is 11.5 Å². The van der Waals surface area contributed by atoms with E-state index in [0.29, 0.717) is 23.9 Å². The van der Waals surface area contributed by atoms with E-state index in [1.165, 1.54) is 0 Å². The summed E-state index contributed by atoms with van der Waals surface area (Å²) in [5.41, 5.74) is 1.91. The van der Waals surface area contributed by atoms with E-state index in [2.05, 4.69) is 15.6 Å². The Morgan fingerprint density at radius 2 is 2.19 bits per heavy atom. The highest BCUT2D eigenvalue weighted by atomic mass is 16.7. The second kappa shape index (κ2) is 5.70.